The number of aromatic nitrogens is 2. The molecular formula is C14H19N3. The maximum atomic E-state index is 4.19. The van der Waals surface area contributed by atoms with E-state index in [2.05, 4.69) is 54.6 Å². The Morgan fingerprint density at radius 3 is 2.71 bits per heavy atom. The Bertz CT molecular complexity index is 488. The van der Waals surface area contributed by atoms with Gasteiger partial charge in [0.15, 0.2) is 0 Å². The van der Waals surface area contributed by atoms with Crippen LogP contribution in [-0.2, 0) is 13.6 Å². The number of hydrogen-bond acceptors (Lipinski definition) is 2. The molecule has 0 saturated carbocycles. The van der Waals surface area contributed by atoms with E-state index in [0.717, 1.165) is 6.54 Å². The fourth-order valence-corrected chi connectivity index (χ4v) is 1.98. The number of rotatable bonds is 4. The van der Waals surface area contributed by atoms with E-state index in [9.17, 15) is 0 Å². The van der Waals surface area contributed by atoms with E-state index >= 15 is 0 Å². The largest absolute Gasteiger partial charge is 0.305 e. The lowest BCUT2D eigenvalue weighted by Gasteiger charge is -2.15. The van der Waals surface area contributed by atoms with Crippen molar-refractivity contribution in [3.05, 3.63) is 53.3 Å². The standard InChI is InChI=1S/C14H19N3/c1-11-6-4-5-7-13(11)10-15-12(2)14-8-9-16-17(14)3/h4-9,12,15H,10H2,1-3H3. The van der Waals surface area contributed by atoms with Gasteiger partial charge in [-0.2, -0.15) is 5.10 Å². The van der Waals surface area contributed by atoms with E-state index in [1.807, 2.05) is 17.9 Å². The van der Waals surface area contributed by atoms with Gasteiger partial charge in [0, 0.05) is 25.8 Å². The minimum absolute atomic E-state index is 0.308. The van der Waals surface area contributed by atoms with Gasteiger partial charge in [-0.05, 0) is 31.0 Å². The zero-order chi connectivity index (χ0) is 12.3. The summed E-state index contributed by atoms with van der Waals surface area (Å²) in [6.07, 6.45) is 1.83. The number of nitrogens with one attached hydrogen (secondary N) is 1. The van der Waals surface area contributed by atoms with Gasteiger partial charge in [0.1, 0.15) is 0 Å². The van der Waals surface area contributed by atoms with Crippen LogP contribution in [0.15, 0.2) is 36.5 Å². The van der Waals surface area contributed by atoms with Gasteiger partial charge in [-0.15, -0.1) is 0 Å². The van der Waals surface area contributed by atoms with Gasteiger partial charge < -0.3 is 5.32 Å². The summed E-state index contributed by atoms with van der Waals surface area (Å²) in [5.74, 6) is 0. The summed E-state index contributed by atoms with van der Waals surface area (Å²) < 4.78 is 1.91. The van der Waals surface area contributed by atoms with Crippen LogP contribution in [-0.4, -0.2) is 9.78 Å². The second kappa shape index (κ2) is 5.15. The number of hydrogen-bond donors (Lipinski definition) is 1. The van der Waals surface area contributed by atoms with Crippen LogP contribution in [0.4, 0.5) is 0 Å². The van der Waals surface area contributed by atoms with Crippen molar-refractivity contribution in [1.29, 1.82) is 0 Å². The quantitative estimate of drug-likeness (QED) is 0.873. The maximum absolute atomic E-state index is 4.19. The predicted molar refractivity (Wildman–Crippen MR) is 69.6 cm³/mol. The Morgan fingerprint density at radius 2 is 2.06 bits per heavy atom. The Kier molecular flexibility index (Phi) is 3.59. The molecule has 0 amide bonds. The molecule has 1 aromatic heterocycles. The van der Waals surface area contributed by atoms with Crippen molar-refractivity contribution < 1.29 is 0 Å². The molecule has 1 aromatic carbocycles. The first-order chi connectivity index (χ1) is 8.18. The van der Waals surface area contributed by atoms with E-state index in [1.165, 1.54) is 16.8 Å². The van der Waals surface area contributed by atoms with Crippen molar-refractivity contribution >= 4 is 0 Å². The summed E-state index contributed by atoms with van der Waals surface area (Å²) in [5, 5.41) is 7.71. The summed E-state index contributed by atoms with van der Waals surface area (Å²) in [5.41, 5.74) is 3.89. The monoisotopic (exact) mass is 229 g/mol. The Labute approximate surface area is 102 Å². The van der Waals surface area contributed by atoms with Crippen molar-refractivity contribution in [3.8, 4) is 0 Å². The molecule has 0 fully saturated rings. The Hall–Kier alpha value is -1.61. The highest BCUT2D eigenvalue weighted by atomic mass is 15.3. The van der Waals surface area contributed by atoms with Gasteiger partial charge in [-0.3, -0.25) is 4.68 Å². The minimum atomic E-state index is 0.308. The van der Waals surface area contributed by atoms with Gasteiger partial charge in [-0.25, -0.2) is 0 Å². The van der Waals surface area contributed by atoms with Crippen LogP contribution >= 0.6 is 0 Å². The molecule has 2 aromatic rings. The highest BCUT2D eigenvalue weighted by Crippen LogP contribution is 2.13. The number of benzene rings is 1. The highest BCUT2D eigenvalue weighted by Gasteiger charge is 2.08. The third kappa shape index (κ3) is 2.74. The molecule has 1 atom stereocenters. The number of aryl methyl sites for hydroxylation is 2. The molecule has 0 aliphatic carbocycles. The van der Waals surface area contributed by atoms with Crippen LogP contribution < -0.4 is 5.32 Å². The molecule has 0 aliphatic heterocycles. The number of nitrogens with zero attached hydrogens (tertiary/aromatic N) is 2. The first kappa shape index (κ1) is 11.9. The van der Waals surface area contributed by atoms with E-state index in [0.29, 0.717) is 6.04 Å². The van der Waals surface area contributed by atoms with Crippen LogP contribution in [0.3, 0.4) is 0 Å². The topological polar surface area (TPSA) is 29.9 Å². The molecule has 3 heteroatoms. The van der Waals surface area contributed by atoms with Crippen LogP contribution in [0.5, 0.6) is 0 Å². The smallest absolute Gasteiger partial charge is 0.0547 e. The minimum Gasteiger partial charge on any atom is -0.305 e. The first-order valence-electron chi connectivity index (χ1n) is 5.94. The lowest BCUT2D eigenvalue weighted by molar-refractivity contribution is 0.529. The van der Waals surface area contributed by atoms with Crippen molar-refractivity contribution in [2.24, 2.45) is 7.05 Å². The summed E-state index contributed by atoms with van der Waals surface area (Å²) in [7, 11) is 1.97. The maximum Gasteiger partial charge on any atom is 0.0547 e. The first-order valence-corrected chi connectivity index (χ1v) is 5.94. The summed E-state index contributed by atoms with van der Waals surface area (Å²) >= 11 is 0. The van der Waals surface area contributed by atoms with Crippen LogP contribution in [0, 0.1) is 6.92 Å². The second-order valence-corrected chi connectivity index (χ2v) is 4.41. The fraction of sp³-hybridized carbons (Fsp3) is 0.357. The van der Waals surface area contributed by atoms with Gasteiger partial charge in [0.05, 0.1) is 5.69 Å². The zero-order valence-corrected chi connectivity index (χ0v) is 10.6. The average Bonchev–Trinajstić information content (AvgIpc) is 2.74. The molecule has 0 saturated heterocycles. The van der Waals surface area contributed by atoms with Crippen LogP contribution in [0.1, 0.15) is 29.8 Å². The van der Waals surface area contributed by atoms with Crippen molar-refractivity contribution in [1.82, 2.24) is 15.1 Å². The van der Waals surface area contributed by atoms with Gasteiger partial charge >= 0.3 is 0 Å². The van der Waals surface area contributed by atoms with E-state index in [1.54, 1.807) is 0 Å². The Balaban J connectivity index is 2.00. The molecule has 0 spiro atoms. The normalized spacial score (nSPS) is 12.6. The van der Waals surface area contributed by atoms with Crippen LogP contribution in [0.25, 0.3) is 0 Å². The SMILES string of the molecule is Cc1ccccc1CNC(C)c1ccnn1C. The molecule has 17 heavy (non-hydrogen) atoms. The molecule has 1 N–H and O–H groups in total. The molecular weight excluding hydrogens is 210 g/mol. The second-order valence-electron chi connectivity index (χ2n) is 4.41. The summed E-state index contributed by atoms with van der Waals surface area (Å²) in [6, 6.07) is 10.8. The summed E-state index contributed by atoms with van der Waals surface area (Å²) in [4.78, 5) is 0. The summed E-state index contributed by atoms with van der Waals surface area (Å²) in [6.45, 7) is 5.19. The van der Waals surface area contributed by atoms with Gasteiger partial charge in [0.25, 0.3) is 0 Å². The predicted octanol–water partition coefficient (Wildman–Crippen LogP) is 2.58. The van der Waals surface area contributed by atoms with E-state index < -0.39 is 0 Å². The molecule has 1 unspecified atom stereocenters. The molecule has 0 bridgehead atoms. The van der Waals surface area contributed by atoms with Gasteiger partial charge in [-0.1, -0.05) is 24.3 Å². The van der Waals surface area contributed by atoms with Crippen molar-refractivity contribution in [2.75, 3.05) is 0 Å². The molecule has 3 nitrogen and oxygen atoms in total. The van der Waals surface area contributed by atoms with Gasteiger partial charge in [0.2, 0.25) is 0 Å². The third-order valence-electron chi connectivity index (χ3n) is 3.16. The molecule has 0 radical (unpaired) electrons. The Morgan fingerprint density at radius 1 is 1.29 bits per heavy atom. The van der Waals surface area contributed by atoms with E-state index in [-0.39, 0.29) is 0 Å². The molecule has 90 valence electrons. The molecule has 2 rings (SSSR count). The lowest BCUT2D eigenvalue weighted by atomic mass is 10.1. The van der Waals surface area contributed by atoms with Crippen molar-refractivity contribution in [3.63, 3.8) is 0 Å². The van der Waals surface area contributed by atoms with E-state index in [4.69, 9.17) is 0 Å². The molecule has 1 heterocycles. The average molecular weight is 229 g/mol. The van der Waals surface area contributed by atoms with Crippen molar-refractivity contribution in [2.45, 2.75) is 26.4 Å². The highest BCUT2D eigenvalue weighted by molar-refractivity contribution is 5.25. The lowest BCUT2D eigenvalue weighted by Crippen LogP contribution is -2.20. The van der Waals surface area contributed by atoms with Crippen LogP contribution in [0.2, 0.25) is 0 Å². The fourth-order valence-electron chi connectivity index (χ4n) is 1.98. The third-order valence-corrected chi connectivity index (χ3v) is 3.16. The zero-order valence-electron chi connectivity index (χ0n) is 10.6. The molecule has 0 aliphatic rings.